The Hall–Kier alpha value is -1.70. The average Bonchev–Trinajstić information content (AvgIpc) is 1.99. The van der Waals surface area contributed by atoms with Gasteiger partial charge in [-0.3, -0.25) is 0 Å². The number of nitrogens with one attached hydrogen (secondary N) is 1. The van der Waals surface area contributed by atoms with Crippen LogP contribution in [0.5, 0.6) is 0 Å². The molecule has 0 heterocycles. The SMILES string of the molecule is O=C(O)NS(=O)(=O)c1cc(F)cc(F)c1. The van der Waals surface area contributed by atoms with E-state index in [1.54, 1.807) is 0 Å². The molecule has 1 aromatic rings. The van der Waals surface area contributed by atoms with Crippen LogP contribution in [0, 0.1) is 11.6 Å². The lowest BCUT2D eigenvalue weighted by Gasteiger charge is -2.03. The van der Waals surface area contributed by atoms with Crippen LogP contribution in [0.1, 0.15) is 0 Å². The van der Waals surface area contributed by atoms with Gasteiger partial charge in [-0.2, -0.15) is 0 Å². The van der Waals surface area contributed by atoms with Gasteiger partial charge >= 0.3 is 6.09 Å². The molecule has 1 aromatic carbocycles. The van der Waals surface area contributed by atoms with Crippen LogP contribution < -0.4 is 4.72 Å². The molecule has 0 saturated heterocycles. The zero-order chi connectivity index (χ0) is 11.6. The maximum atomic E-state index is 12.6. The molecule has 0 unspecified atom stereocenters. The van der Waals surface area contributed by atoms with Crippen molar-refractivity contribution >= 4 is 16.1 Å². The Morgan fingerprint density at radius 1 is 1.20 bits per heavy atom. The first-order chi connectivity index (χ1) is 6.81. The molecule has 0 aliphatic heterocycles. The van der Waals surface area contributed by atoms with Crippen LogP contribution in [0.4, 0.5) is 13.6 Å². The molecule has 0 aliphatic rings. The molecule has 2 N–H and O–H groups in total. The molecule has 0 radical (unpaired) electrons. The molecular weight excluding hydrogens is 232 g/mol. The van der Waals surface area contributed by atoms with Crippen molar-refractivity contribution in [2.24, 2.45) is 0 Å². The summed E-state index contributed by atoms with van der Waals surface area (Å²) in [5.74, 6) is -2.22. The van der Waals surface area contributed by atoms with Gasteiger partial charge in [0.2, 0.25) is 0 Å². The number of carboxylic acid groups (broad SMARTS) is 1. The second-order valence-corrected chi connectivity index (χ2v) is 4.20. The molecule has 1 rings (SSSR count). The van der Waals surface area contributed by atoms with Crippen LogP contribution in [0.25, 0.3) is 0 Å². The standard InChI is InChI=1S/C7H5F2NO4S/c8-4-1-5(9)3-6(2-4)15(13,14)10-7(11)12/h1-3,10H,(H,11,12). The predicted molar refractivity (Wildman–Crippen MR) is 44.7 cm³/mol. The third kappa shape index (κ3) is 2.88. The van der Waals surface area contributed by atoms with E-state index in [1.165, 1.54) is 0 Å². The summed E-state index contributed by atoms with van der Waals surface area (Å²) in [6, 6.07) is 1.49. The summed E-state index contributed by atoms with van der Waals surface area (Å²) in [5, 5.41) is 8.17. The minimum Gasteiger partial charge on any atom is -0.464 e. The van der Waals surface area contributed by atoms with E-state index in [4.69, 9.17) is 5.11 Å². The number of carbonyl (C=O) groups is 1. The number of amides is 1. The lowest BCUT2D eigenvalue weighted by Crippen LogP contribution is -2.29. The van der Waals surface area contributed by atoms with E-state index in [9.17, 15) is 22.0 Å². The van der Waals surface area contributed by atoms with E-state index in [0.717, 1.165) is 4.72 Å². The van der Waals surface area contributed by atoms with E-state index in [0.29, 0.717) is 18.2 Å². The van der Waals surface area contributed by atoms with Crippen molar-refractivity contribution < 1.29 is 27.1 Å². The fraction of sp³-hybridized carbons (Fsp3) is 0. The van der Waals surface area contributed by atoms with E-state index in [1.807, 2.05) is 0 Å². The molecule has 82 valence electrons. The van der Waals surface area contributed by atoms with Gasteiger partial charge in [-0.05, 0) is 12.1 Å². The summed E-state index contributed by atoms with van der Waals surface area (Å²) in [4.78, 5) is 9.29. The first-order valence-corrected chi connectivity index (χ1v) is 5.01. The van der Waals surface area contributed by atoms with Crippen LogP contribution in [0.2, 0.25) is 0 Å². The molecule has 0 saturated carbocycles. The minimum absolute atomic E-state index is 0.472. The van der Waals surface area contributed by atoms with Gasteiger partial charge in [0.15, 0.2) is 0 Å². The number of hydrogen-bond donors (Lipinski definition) is 2. The highest BCUT2D eigenvalue weighted by Crippen LogP contribution is 2.13. The summed E-state index contributed by atoms with van der Waals surface area (Å²) in [5.41, 5.74) is 0. The van der Waals surface area contributed by atoms with Crippen molar-refractivity contribution in [3.63, 3.8) is 0 Å². The average molecular weight is 237 g/mol. The van der Waals surface area contributed by atoms with Crippen molar-refractivity contribution in [1.29, 1.82) is 0 Å². The van der Waals surface area contributed by atoms with Crippen molar-refractivity contribution in [1.82, 2.24) is 4.72 Å². The molecule has 5 nitrogen and oxygen atoms in total. The smallest absolute Gasteiger partial charge is 0.418 e. The van der Waals surface area contributed by atoms with Gasteiger partial charge in [0.25, 0.3) is 10.0 Å². The van der Waals surface area contributed by atoms with E-state index < -0.39 is 32.6 Å². The molecule has 0 atom stereocenters. The summed E-state index contributed by atoms with van der Waals surface area (Å²) in [6.45, 7) is 0. The van der Waals surface area contributed by atoms with Gasteiger partial charge in [-0.1, -0.05) is 0 Å². The van der Waals surface area contributed by atoms with Gasteiger partial charge in [-0.25, -0.2) is 26.7 Å². The zero-order valence-electron chi connectivity index (χ0n) is 7.07. The van der Waals surface area contributed by atoms with Gasteiger partial charge in [-0.15, -0.1) is 0 Å². The molecule has 0 aliphatic carbocycles. The normalized spacial score (nSPS) is 11.1. The first kappa shape index (κ1) is 11.4. The van der Waals surface area contributed by atoms with Gasteiger partial charge < -0.3 is 5.11 Å². The minimum atomic E-state index is -4.43. The largest absolute Gasteiger partial charge is 0.464 e. The highest BCUT2D eigenvalue weighted by molar-refractivity contribution is 7.90. The van der Waals surface area contributed by atoms with Crippen molar-refractivity contribution in [2.45, 2.75) is 4.90 Å². The summed E-state index contributed by atoms with van der Waals surface area (Å²) in [7, 11) is -4.43. The first-order valence-electron chi connectivity index (χ1n) is 3.53. The quantitative estimate of drug-likeness (QED) is 0.801. The fourth-order valence-electron chi connectivity index (χ4n) is 0.858. The lowest BCUT2D eigenvalue weighted by atomic mass is 10.3. The molecule has 0 spiro atoms. The van der Waals surface area contributed by atoms with Gasteiger partial charge in [0.1, 0.15) is 11.6 Å². The van der Waals surface area contributed by atoms with Crippen LogP contribution in [-0.4, -0.2) is 19.6 Å². The summed E-state index contributed by atoms with van der Waals surface area (Å²) in [6.07, 6.45) is -1.83. The summed E-state index contributed by atoms with van der Waals surface area (Å²) >= 11 is 0. The monoisotopic (exact) mass is 237 g/mol. The Balaban J connectivity index is 3.21. The topological polar surface area (TPSA) is 83.5 Å². The Labute approximate surface area is 83.4 Å². The molecular formula is C7H5F2NO4S. The Morgan fingerprint density at radius 2 is 1.67 bits per heavy atom. The molecule has 15 heavy (non-hydrogen) atoms. The zero-order valence-corrected chi connectivity index (χ0v) is 7.88. The molecule has 0 fully saturated rings. The Bertz CT molecular complexity index is 479. The number of benzene rings is 1. The van der Waals surface area contributed by atoms with E-state index in [-0.39, 0.29) is 0 Å². The van der Waals surface area contributed by atoms with Crippen molar-refractivity contribution in [2.75, 3.05) is 0 Å². The third-order valence-corrected chi connectivity index (χ3v) is 2.67. The third-order valence-electron chi connectivity index (χ3n) is 1.37. The van der Waals surface area contributed by atoms with E-state index in [2.05, 4.69) is 0 Å². The number of halogens is 2. The van der Waals surface area contributed by atoms with Crippen molar-refractivity contribution in [3.05, 3.63) is 29.8 Å². The maximum Gasteiger partial charge on any atom is 0.418 e. The highest BCUT2D eigenvalue weighted by Gasteiger charge is 2.18. The fourth-order valence-corrected chi connectivity index (χ4v) is 1.74. The number of hydrogen-bond acceptors (Lipinski definition) is 3. The number of sulfonamides is 1. The second-order valence-electron chi connectivity index (χ2n) is 2.52. The molecule has 1 amide bonds. The highest BCUT2D eigenvalue weighted by atomic mass is 32.2. The second kappa shape index (κ2) is 3.81. The van der Waals surface area contributed by atoms with Crippen LogP contribution in [0.15, 0.2) is 23.1 Å². The number of rotatable bonds is 2. The lowest BCUT2D eigenvalue weighted by molar-refractivity contribution is 0.201. The predicted octanol–water partition coefficient (Wildman–Crippen LogP) is 0.921. The Kier molecular flexibility index (Phi) is 2.89. The van der Waals surface area contributed by atoms with Gasteiger partial charge in [0, 0.05) is 6.07 Å². The van der Waals surface area contributed by atoms with Gasteiger partial charge in [0.05, 0.1) is 4.90 Å². The molecule has 8 heteroatoms. The Morgan fingerprint density at radius 3 is 2.07 bits per heavy atom. The molecule has 0 bridgehead atoms. The van der Waals surface area contributed by atoms with Crippen LogP contribution >= 0.6 is 0 Å². The maximum absolute atomic E-state index is 12.6. The van der Waals surface area contributed by atoms with E-state index >= 15 is 0 Å². The van der Waals surface area contributed by atoms with Crippen molar-refractivity contribution in [3.8, 4) is 0 Å². The van der Waals surface area contributed by atoms with Crippen LogP contribution in [0.3, 0.4) is 0 Å². The van der Waals surface area contributed by atoms with Crippen LogP contribution in [-0.2, 0) is 10.0 Å². The molecule has 0 aromatic heterocycles. The summed E-state index contributed by atoms with van der Waals surface area (Å²) < 4.78 is 48.6.